The maximum absolute atomic E-state index is 12.8. The number of alkyl halides is 3. The zero-order valence-corrected chi connectivity index (χ0v) is 10.8. The predicted molar refractivity (Wildman–Crippen MR) is 67.8 cm³/mol. The van der Waals surface area contributed by atoms with Crippen LogP contribution in [0.1, 0.15) is 18.5 Å². The first-order valence-electron chi connectivity index (χ1n) is 5.94. The van der Waals surface area contributed by atoms with Crippen molar-refractivity contribution in [3.63, 3.8) is 0 Å². The van der Waals surface area contributed by atoms with Crippen molar-refractivity contribution < 1.29 is 22.5 Å². The fourth-order valence-corrected chi connectivity index (χ4v) is 1.74. The summed E-state index contributed by atoms with van der Waals surface area (Å²) in [7, 11) is 0. The molecule has 0 saturated carbocycles. The Morgan fingerprint density at radius 2 is 1.95 bits per heavy atom. The number of rotatable bonds is 3. The second-order valence-electron chi connectivity index (χ2n) is 4.28. The number of halogens is 3. The molecule has 1 amide bonds. The number of para-hydroxylation sites is 1. The number of anilines is 1. The average molecular weight is 300 g/mol. The molecular weight excluding hydrogens is 289 g/mol. The van der Waals surface area contributed by atoms with Crippen molar-refractivity contribution in [1.82, 2.24) is 4.74 Å². The van der Waals surface area contributed by atoms with Gasteiger partial charge in [-0.3, -0.25) is 9.59 Å². The molecule has 5 nitrogen and oxygen atoms in total. The van der Waals surface area contributed by atoms with Gasteiger partial charge in [0, 0.05) is 6.07 Å². The Labute approximate surface area is 116 Å². The van der Waals surface area contributed by atoms with Gasteiger partial charge in [0.15, 0.2) is 0 Å². The third-order valence-corrected chi connectivity index (χ3v) is 2.82. The molecule has 112 valence electrons. The molecule has 1 N–H and O–H groups in total. The van der Waals surface area contributed by atoms with Crippen LogP contribution in [0.25, 0.3) is 0 Å². The third kappa shape index (κ3) is 3.15. The fraction of sp³-hybridized carbons (Fsp3) is 0.231. The highest BCUT2D eigenvalue weighted by atomic mass is 19.4. The Bertz CT molecular complexity index is 703. The maximum Gasteiger partial charge on any atom is 0.418 e. The number of hydrogen-bond acceptors (Lipinski definition) is 3. The monoisotopic (exact) mass is 300 g/mol. The summed E-state index contributed by atoms with van der Waals surface area (Å²) in [5.41, 5.74) is -1.89. The van der Waals surface area contributed by atoms with Gasteiger partial charge in [0.05, 0.1) is 11.3 Å². The molecule has 1 aromatic heterocycles. The minimum Gasteiger partial charge on any atom is -0.383 e. The van der Waals surface area contributed by atoms with Crippen molar-refractivity contribution in [3.05, 3.63) is 52.5 Å². The number of hydrogen-bond donors (Lipinski definition) is 1. The van der Waals surface area contributed by atoms with Gasteiger partial charge in [-0.2, -0.15) is 17.9 Å². The number of benzene rings is 1. The van der Waals surface area contributed by atoms with Crippen LogP contribution in [0.2, 0.25) is 0 Å². The largest absolute Gasteiger partial charge is 0.418 e. The molecule has 0 aliphatic heterocycles. The molecule has 0 saturated heterocycles. The summed E-state index contributed by atoms with van der Waals surface area (Å²) in [4.78, 5) is 23.3. The van der Waals surface area contributed by atoms with E-state index in [1.165, 1.54) is 19.1 Å². The van der Waals surface area contributed by atoms with Crippen LogP contribution in [0, 0.1) is 0 Å². The molecule has 1 heterocycles. The maximum atomic E-state index is 12.8. The molecule has 0 aliphatic rings. The van der Waals surface area contributed by atoms with Gasteiger partial charge in [0.25, 0.3) is 11.5 Å². The third-order valence-electron chi connectivity index (χ3n) is 2.82. The van der Waals surface area contributed by atoms with E-state index in [2.05, 4.69) is 5.32 Å². The van der Waals surface area contributed by atoms with E-state index in [1.807, 2.05) is 0 Å². The smallest absolute Gasteiger partial charge is 0.383 e. The highest BCUT2D eigenvalue weighted by Gasteiger charge is 2.34. The minimum atomic E-state index is -4.59. The van der Waals surface area contributed by atoms with E-state index in [9.17, 15) is 22.8 Å². The van der Waals surface area contributed by atoms with Crippen molar-refractivity contribution in [2.75, 3.05) is 5.32 Å². The highest BCUT2D eigenvalue weighted by Crippen LogP contribution is 2.34. The molecule has 0 aliphatic carbocycles. The first kappa shape index (κ1) is 14.9. The average Bonchev–Trinajstić information content (AvgIpc) is 2.83. The predicted octanol–water partition coefficient (Wildman–Crippen LogP) is 2.66. The molecule has 0 unspecified atom stereocenters. The molecule has 1 aromatic carbocycles. The quantitative estimate of drug-likeness (QED) is 0.947. The van der Waals surface area contributed by atoms with Crippen molar-refractivity contribution in [2.45, 2.75) is 19.1 Å². The molecular formula is C13H11F3N2O3. The summed E-state index contributed by atoms with van der Waals surface area (Å²) in [6.07, 6.45) is -3.50. The van der Waals surface area contributed by atoms with Crippen molar-refractivity contribution in [2.24, 2.45) is 0 Å². The van der Waals surface area contributed by atoms with E-state index >= 15 is 0 Å². The highest BCUT2D eigenvalue weighted by molar-refractivity contribution is 5.94. The van der Waals surface area contributed by atoms with Crippen LogP contribution in [0.4, 0.5) is 18.9 Å². The number of carbonyl (C=O) groups excluding carboxylic acids is 1. The zero-order valence-electron chi connectivity index (χ0n) is 10.8. The van der Waals surface area contributed by atoms with E-state index in [0.29, 0.717) is 0 Å². The summed E-state index contributed by atoms with van der Waals surface area (Å²) in [6, 6.07) is 4.62. The lowest BCUT2D eigenvalue weighted by atomic mass is 10.1. The van der Waals surface area contributed by atoms with Crippen LogP contribution >= 0.6 is 0 Å². The van der Waals surface area contributed by atoms with E-state index < -0.39 is 29.2 Å². The van der Waals surface area contributed by atoms with E-state index in [4.69, 9.17) is 4.52 Å². The molecule has 0 radical (unpaired) electrons. The Kier molecular flexibility index (Phi) is 3.88. The van der Waals surface area contributed by atoms with E-state index in [1.54, 1.807) is 0 Å². The van der Waals surface area contributed by atoms with Crippen molar-refractivity contribution in [1.29, 1.82) is 0 Å². The van der Waals surface area contributed by atoms with Crippen LogP contribution < -0.4 is 10.9 Å². The van der Waals surface area contributed by atoms with E-state index in [0.717, 1.165) is 29.2 Å². The molecule has 0 fully saturated rings. The van der Waals surface area contributed by atoms with Crippen molar-refractivity contribution >= 4 is 11.6 Å². The summed E-state index contributed by atoms with van der Waals surface area (Å²) in [5.74, 6) is -0.788. The van der Waals surface area contributed by atoms with Gasteiger partial charge < -0.3 is 9.84 Å². The molecule has 8 heteroatoms. The normalized spacial score (nSPS) is 13.0. The summed E-state index contributed by atoms with van der Waals surface area (Å²) in [5, 5.41) is 2.15. The molecule has 0 spiro atoms. The Morgan fingerprint density at radius 1 is 1.29 bits per heavy atom. The SMILES string of the molecule is C[C@@H](C(=O)Nc1ccccc1C(F)(F)F)n1occc1=O. The molecule has 2 rings (SSSR count). The standard InChI is InChI=1S/C13H11F3N2O3/c1-8(18-11(19)6-7-21-18)12(20)17-10-5-3-2-4-9(10)13(14,15)16/h2-8H,1H3,(H,17,20)/t8-/m0/s1. The topological polar surface area (TPSA) is 64.2 Å². The van der Waals surface area contributed by atoms with E-state index in [-0.39, 0.29) is 5.69 Å². The van der Waals surface area contributed by atoms with Gasteiger partial charge >= 0.3 is 6.18 Å². The Hall–Kier alpha value is -2.51. The van der Waals surface area contributed by atoms with Crippen LogP contribution in [0.15, 0.2) is 45.9 Å². The molecule has 0 bridgehead atoms. The number of nitrogens with zero attached hydrogens (tertiary/aromatic N) is 1. The lowest BCUT2D eigenvalue weighted by Gasteiger charge is -2.15. The minimum absolute atomic E-state index is 0.374. The number of carbonyl (C=O) groups is 1. The Morgan fingerprint density at radius 3 is 2.52 bits per heavy atom. The van der Waals surface area contributed by atoms with Gasteiger partial charge in [-0.1, -0.05) is 12.1 Å². The van der Waals surface area contributed by atoms with Gasteiger partial charge in [-0.15, -0.1) is 0 Å². The second kappa shape index (κ2) is 5.47. The van der Waals surface area contributed by atoms with Crippen molar-refractivity contribution in [3.8, 4) is 0 Å². The Balaban J connectivity index is 2.25. The van der Waals surface area contributed by atoms with Gasteiger partial charge in [-0.25, -0.2) is 0 Å². The summed E-state index contributed by atoms with van der Waals surface area (Å²) >= 11 is 0. The van der Waals surface area contributed by atoms with Crippen LogP contribution in [0.5, 0.6) is 0 Å². The van der Waals surface area contributed by atoms with Gasteiger partial charge in [-0.05, 0) is 19.1 Å². The second-order valence-corrected chi connectivity index (χ2v) is 4.28. The lowest BCUT2D eigenvalue weighted by Crippen LogP contribution is -2.29. The molecule has 1 atom stereocenters. The number of aromatic nitrogens is 1. The lowest BCUT2D eigenvalue weighted by molar-refractivity contribution is -0.137. The molecule has 2 aromatic rings. The van der Waals surface area contributed by atoms with Gasteiger partial charge in [0.1, 0.15) is 12.3 Å². The number of amides is 1. The fourth-order valence-electron chi connectivity index (χ4n) is 1.74. The molecule has 21 heavy (non-hydrogen) atoms. The first-order chi connectivity index (χ1) is 9.80. The number of nitrogens with one attached hydrogen (secondary N) is 1. The van der Waals surface area contributed by atoms with Crippen LogP contribution in [0.3, 0.4) is 0 Å². The zero-order chi connectivity index (χ0) is 15.6. The first-order valence-corrected chi connectivity index (χ1v) is 5.94. The van der Waals surface area contributed by atoms with Gasteiger partial charge in [0.2, 0.25) is 0 Å². The summed E-state index contributed by atoms with van der Waals surface area (Å²) < 4.78 is 44.0. The van der Waals surface area contributed by atoms with Crippen LogP contribution in [-0.2, 0) is 11.0 Å². The van der Waals surface area contributed by atoms with Crippen LogP contribution in [-0.4, -0.2) is 10.6 Å². The summed E-state index contributed by atoms with van der Waals surface area (Å²) in [6.45, 7) is 1.34.